The van der Waals surface area contributed by atoms with Crippen molar-refractivity contribution in [2.45, 2.75) is 43.7 Å². The Morgan fingerprint density at radius 1 is 1.41 bits per heavy atom. The third-order valence-electron chi connectivity index (χ3n) is 3.28. The summed E-state index contributed by atoms with van der Waals surface area (Å²) in [5.41, 5.74) is 2.86. The third-order valence-corrected chi connectivity index (χ3v) is 5.03. The molecule has 0 amide bonds. The minimum atomic E-state index is 0.465. The zero-order chi connectivity index (χ0) is 12.3. The van der Waals surface area contributed by atoms with Gasteiger partial charge in [0, 0.05) is 22.1 Å². The van der Waals surface area contributed by atoms with Crippen LogP contribution in [-0.2, 0) is 5.75 Å². The van der Waals surface area contributed by atoms with Gasteiger partial charge in [-0.1, -0.05) is 31.5 Å². The number of hydrogen-bond acceptors (Lipinski definition) is 2. The molecule has 1 nitrogen and oxygen atoms in total. The summed E-state index contributed by atoms with van der Waals surface area (Å²) in [4.78, 5) is 0. The first-order chi connectivity index (χ1) is 8.26. The molecule has 0 radical (unpaired) electrons. The first-order valence-electron chi connectivity index (χ1n) is 6.39. The SMILES string of the molecule is CCCNC1c2cc(Cl)ccc2CSC1CC. The van der Waals surface area contributed by atoms with Gasteiger partial charge in [-0.3, -0.25) is 0 Å². The van der Waals surface area contributed by atoms with Crippen molar-refractivity contribution >= 4 is 23.4 Å². The Balaban J connectivity index is 2.28. The Kier molecular flexibility index (Phi) is 4.78. The van der Waals surface area contributed by atoms with E-state index in [4.69, 9.17) is 11.6 Å². The fourth-order valence-electron chi connectivity index (χ4n) is 2.37. The van der Waals surface area contributed by atoms with Gasteiger partial charge in [-0.2, -0.15) is 11.8 Å². The lowest BCUT2D eigenvalue weighted by Crippen LogP contribution is -2.33. The van der Waals surface area contributed by atoms with Crippen LogP contribution in [-0.4, -0.2) is 11.8 Å². The van der Waals surface area contributed by atoms with Crippen LogP contribution in [0.3, 0.4) is 0 Å². The van der Waals surface area contributed by atoms with Gasteiger partial charge >= 0.3 is 0 Å². The number of halogens is 1. The quantitative estimate of drug-likeness (QED) is 0.869. The van der Waals surface area contributed by atoms with Crippen molar-refractivity contribution in [3.63, 3.8) is 0 Å². The van der Waals surface area contributed by atoms with Crippen LogP contribution in [0.25, 0.3) is 0 Å². The van der Waals surface area contributed by atoms with Crippen molar-refractivity contribution in [1.82, 2.24) is 5.32 Å². The van der Waals surface area contributed by atoms with Crippen LogP contribution in [0, 0.1) is 0 Å². The first-order valence-corrected chi connectivity index (χ1v) is 7.82. The highest BCUT2D eigenvalue weighted by molar-refractivity contribution is 7.99. The Morgan fingerprint density at radius 3 is 2.94 bits per heavy atom. The van der Waals surface area contributed by atoms with E-state index in [1.54, 1.807) is 0 Å². The van der Waals surface area contributed by atoms with Gasteiger partial charge in [-0.25, -0.2) is 0 Å². The molecule has 1 aromatic rings. The van der Waals surface area contributed by atoms with E-state index in [1.165, 1.54) is 24.0 Å². The number of thioether (sulfide) groups is 1. The average Bonchev–Trinajstić information content (AvgIpc) is 2.35. The summed E-state index contributed by atoms with van der Waals surface area (Å²) >= 11 is 8.20. The van der Waals surface area contributed by atoms with E-state index in [0.717, 1.165) is 17.3 Å². The molecule has 0 aliphatic carbocycles. The fourth-order valence-corrected chi connectivity index (χ4v) is 3.88. The second-order valence-electron chi connectivity index (χ2n) is 4.53. The van der Waals surface area contributed by atoms with Crippen LogP contribution in [0.15, 0.2) is 18.2 Å². The summed E-state index contributed by atoms with van der Waals surface area (Å²) in [5.74, 6) is 1.12. The van der Waals surface area contributed by atoms with Crippen LogP contribution >= 0.6 is 23.4 Å². The van der Waals surface area contributed by atoms with Gasteiger partial charge in [-0.05, 0) is 42.6 Å². The van der Waals surface area contributed by atoms with E-state index in [0.29, 0.717) is 11.3 Å². The van der Waals surface area contributed by atoms with Gasteiger partial charge in [0.15, 0.2) is 0 Å². The molecular formula is C14H20ClNS. The van der Waals surface area contributed by atoms with Crippen LogP contribution in [0.4, 0.5) is 0 Å². The maximum absolute atomic E-state index is 6.13. The third kappa shape index (κ3) is 2.98. The van der Waals surface area contributed by atoms with Crippen LogP contribution in [0.1, 0.15) is 43.9 Å². The minimum Gasteiger partial charge on any atom is -0.309 e. The molecule has 2 atom stereocenters. The lowest BCUT2D eigenvalue weighted by Gasteiger charge is -2.33. The van der Waals surface area contributed by atoms with Gasteiger partial charge in [0.05, 0.1) is 0 Å². The van der Waals surface area contributed by atoms with Crippen molar-refractivity contribution in [3.05, 3.63) is 34.3 Å². The van der Waals surface area contributed by atoms with Crippen molar-refractivity contribution in [2.75, 3.05) is 6.54 Å². The Morgan fingerprint density at radius 2 is 2.24 bits per heavy atom. The topological polar surface area (TPSA) is 12.0 Å². The number of nitrogens with one attached hydrogen (secondary N) is 1. The molecule has 3 heteroatoms. The van der Waals surface area contributed by atoms with E-state index in [-0.39, 0.29) is 0 Å². The molecule has 2 unspecified atom stereocenters. The number of benzene rings is 1. The van der Waals surface area contributed by atoms with Gasteiger partial charge in [0.1, 0.15) is 0 Å². The van der Waals surface area contributed by atoms with Crippen molar-refractivity contribution in [2.24, 2.45) is 0 Å². The highest BCUT2D eigenvalue weighted by Gasteiger charge is 2.28. The zero-order valence-corrected chi connectivity index (χ0v) is 12.1. The van der Waals surface area contributed by atoms with Gasteiger partial charge < -0.3 is 5.32 Å². The lowest BCUT2D eigenvalue weighted by molar-refractivity contribution is 0.498. The highest BCUT2D eigenvalue weighted by Crippen LogP contribution is 2.40. The second kappa shape index (κ2) is 6.12. The lowest BCUT2D eigenvalue weighted by atomic mass is 9.96. The molecule has 0 spiro atoms. The molecule has 1 aliphatic heterocycles. The smallest absolute Gasteiger partial charge is 0.0444 e. The number of fused-ring (bicyclic) bond motifs is 1. The predicted molar refractivity (Wildman–Crippen MR) is 77.9 cm³/mol. The fraction of sp³-hybridized carbons (Fsp3) is 0.571. The molecule has 17 heavy (non-hydrogen) atoms. The Labute approximate surface area is 113 Å². The number of hydrogen-bond donors (Lipinski definition) is 1. The standard InChI is InChI=1S/C14H20ClNS/c1-3-7-16-14-12-8-11(15)6-5-10(12)9-17-13(14)4-2/h5-6,8,13-14,16H,3-4,7,9H2,1-2H3. The van der Waals surface area contributed by atoms with Crippen LogP contribution in [0.2, 0.25) is 5.02 Å². The van der Waals surface area contributed by atoms with Gasteiger partial charge in [-0.15, -0.1) is 0 Å². The van der Waals surface area contributed by atoms with Gasteiger partial charge in [0.2, 0.25) is 0 Å². The van der Waals surface area contributed by atoms with Crippen molar-refractivity contribution in [1.29, 1.82) is 0 Å². The summed E-state index contributed by atoms with van der Waals surface area (Å²) in [6.45, 7) is 5.56. The first kappa shape index (κ1) is 13.3. The predicted octanol–water partition coefficient (Wildman–Crippen LogP) is 4.41. The molecular weight excluding hydrogens is 250 g/mol. The molecule has 1 N–H and O–H groups in total. The van der Waals surface area contributed by atoms with E-state index in [9.17, 15) is 0 Å². The molecule has 1 aromatic carbocycles. The Hall–Kier alpha value is -0.180. The Bertz CT molecular complexity index is 380. The van der Waals surface area contributed by atoms with Crippen LogP contribution < -0.4 is 5.32 Å². The molecule has 0 saturated heterocycles. The summed E-state index contributed by atoms with van der Waals surface area (Å²) in [7, 11) is 0. The molecule has 0 bridgehead atoms. The zero-order valence-electron chi connectivity index (χ0n) is 10.5. The average molecular weight is 270 g/mol. The van der Waals surface area contributed by atoms with E-state index < -0.39 is 0 Å². The molecule has 0 aromatic heterocycles. The summed E-state index contributed by atoms with van der Waals surface area (Å²) in [5, 5.41) is 5.21. The highest BCUT2D eigenvalue weighted by atomic mass is 35.5. The maximum Gasteiger partial charge on any atom is 0.0444 e. The van der Waals surface area contributed by atoms with Crippen molar-refractivity contribution in [3.8, 4) is 0 Å². The van der Waals surface area contributed by atoms with E-state index in [1.807, 2.05) is 6.07 Å². The number of rotatable bonds is 4. The van der Waals surface area contributed by atoms with E-state index >= 15 is 0 Å². The summed E-state index contributed by atoms with van der Waals surface area (Å²) in [6, 6.07) is 6.79. The monoisotopic (exact) mass is 269 g/mol. The second-order valence-corrected chi connectivity index (χ2v) is 6.20. The van der Waals surface area contributed by atoms with E-state index in [2.05, 4.69) is 43.1 Å². The maximum atomic E-state index is 6.13. The molecule has 2 rings (SSSR count). The van der Waals surface area contributed by atoms with Gasteiger partial charge in [0.25, 0.3) is 0 Å². The molecule has 94 valence electrons. The molecule has 1 aliphatic rings. The summed E-state index contributed by atoms with van der Waals surface area (Å²) < 4.78 is 0. The molecule has 0 saturated carbocycles. The largest absolute Gasteiger partial charge is 0.309 e. The normalized spacial score (nSPS) is 23.5. The summed E-state index contributed by atoms with van der Waals surface area (Å²) in [6.07, 6.45) is 2.38. The van der Waals surface area contributed by atoms with Crippen molar-refractivity contribution < 1.29 is 0 Å². The minimum absolute atomic E-state index is 0.465. The molecule has 1 heterocycles. The molecule has 0 fully saturated rings. The van der Waals surface area contributed by atoms with Crippen LogP contribution in [0.5, 0.6) is 0 Å².